The third kappa shape index (κ3) is 3.38. The molecule has 24 heavy (non-hydrogen) atoms. The Bertz CT molecular complexity index is 874. The van der Waals surface area contributed by atoms with Crippen molar-refractivity contribution < 1.29 is 13.6 Å². The maximum absolute atomic E-state index is 13.0. The fourth-order valence-corrected chi connectivity index (χ4v) is 2.71. The average molecular weight is 323 g/mol. The second-order valence-corrected chi connectivity index (χ2v) is 5.92. The summed E-state index contributed by atoms with van der Waals surface area (Å²) in [7, 11) is 0. The topological polar surface area (TPSA) is 42.2 Å². The van der Waals surface area contributed by atoms with Gasteiger partial charge >= 0.3 is 0 Å². The van der Waals surface area contributed by atoms with Crippen molar-refractivity contribution in [1.82, 2.24) is 0 Å². The van der Waals surface area contributed by atoms with E-state index < -0.39 is 0 Å². The molecule has 1 aromatic heterocycles. The molecule has 0 atom stereocenters. The fourth-order valence-electron chi connectivity index (χ4n) is 2.71. The molecule has 1 heterocycles. The summed E-state index contributed by atoms with van der Waals surface area (Å²) in [5.41, 5.74) is 4.11. The standard InChI is InChI=1S/C20H18FNO2/c1-12-8-13(2)10-17(9-12)22-20(23)18-11-19(24-14(18)3)15-4-6-16(21)7-5-15/h4-11H,1-3H3,(H,22,23). The molecule has 0 fully saturated rings. The highest BCUT2D eigenvalue weighted by molar-refractivity contribution is 6.05. The van der Waals surface area contributed by atoms with E-state index in [1.807, 2.05) is 32.0 Å². The number of rotatable bonds is 3. The monoisotopic (exact) mass is 323 g/mol. The highest BCUT2D eigenvalue weighted by Crippen LogP contribution is 2.26. The lowest BCUT2D eigenvalue weighted by atomic mass is 10.1. The van der Waals surface area contributed by atoms with Crippen LogP contribution in [0.4, 0.5) is 10.1 Å². The van der Waals surface area contributed by atoms with Crippen molar-refractivity contribution in [2.75, 3.05) is 5.32 Å². The first-order chi connectivity index (χ1) is 11.4. The van der Waals surface area contributed by atoms with Crippen molar-refractivity contribution in [3.63, 3.8) is 0 Å². The van der Waals surface area contributed by atoms with Gasteiger partial charge in [-0.2, -0.15) is 0 Å². The van der Waals surface area contributed by atoms with Crippen LogP contribution in [0.3, 0.4) is 0 Å². The lowest BCUT2D eigenvalue weighted by Crippen LogP contribution is -2.12. The molecule has 3 nitrogen and oxygen atoms in total. The molecule has 0 radical (unpaired) electrons. The lowest BCUT2D eigenvalue weighted by molar-refractivity contribution is 0.102. The Kier molecular flexibility index (Phi) is 4.21. The Morgan fingerprint density at radius 1 is 0.958 bits per heavy atom. The van der Waals surface area contributed by atoms with Crippen molar-refractivity contribution >= 4 is 11.6 Å². The summed E-state index contributed by atoms with van der Waals surface area (Å²) in [5.74, 6) is 0.527. The van der Waals surface area contributed by atoms with Crippen LogP contribution >= 0.6 is 0 Å². The fraction of sp³-hybridized carbons (Fsp3) is 0.150. The van der Waals surface area contributed by atoms with Gasteiger partial charge in [-0.05, 0) is 74.4 Å². The Balaban J connectivity index is 1.86. The minimum atomic E-state index is -0.310. The summed E-state index contributed by atoms with van der Waals surface area (Å²) in [6.45, 7) is 5.71. The van der Waals surface area contributed by atoms with Crippen LogP contribution in [0.25, 0.3) is 11.3 Å². The Hall–Kier alpha value is -2.88. The molecule has 3 aromatic rings. The second-order valence-electron chi connectivity index (χ2n) is 5.92. The maximum Gasteiger partial charge on any atom is 0.259 e. The second kappa shape index (κ2) is 6.32. The molecule has 1 amide bonds. The minimum absolute atomic E-state index is 0.227. The summed E-state index contributed by atoms with van der Waals surface area (Å²) >= 11 is 0. The van der Waals surface area contributed by atoms with Crippen LogP contribution < -0.4 is 5.32 Å². The van der Waals surface area contributed by atoms with Gasteiger partial charge in [0.2, 0.25) is 0 Å². The third-order valence-electron chi connectivity index (χ3n) is 3.77. The third-order valence-corrected chi connectivity index (χ3v) is 3.77. The van der Waals surface area contributed by atoms with Crippen molar-refractivity contribution in [2.24, 2.45) is 0 Å². The van der Waals surface area contributed by atoms with E-state index in [1.54, 1.807) is 25.1 Å². The molecule has 2 aromatic carbocycles. The number of aryl methyl sites for hydroxylation is 3. The predicted molar refractivity (Wildman–Crippen MR) is 92.7 cm³/mol. The van der Waals surface area contributed by atoms with Crippen LogP contribution in [-0.2, 0) is 0 Å². The highest BCUT2D eigenvalue weighted by atomic mass is 19.1. The van der Waals surface area contributed by atoms with Gasteiger partial charge in [0, 0.05) is 11.3 Å². The average Bonchev–Trinajstić information content (AvgIpc) is 2.89. The number of halogens is 1. The zero-order chi connectivity index (χ0) is 17.3. The van der Waals surface area contributed by atoms with Crippen LogP contribution in [0.15, 0.2) is 52.9 Å². The molecule has 0 aliphatic rings. The van der Waals surface area contributed by atoms with E-state index in [4.69, 9.17) is 4.42 Å². The van der Waals surface area contributed by atoms with E-state index in [0.29, 0.717) is 17.1 Å². The molecule has 3 rings (SSSR count). The van der Waals surface area contributed by atoms with Gasteiger partial charge in [0.1, 0.15) is 17.3 Å². The number of benzene rings is 2. The Morgan fingerprint density at radius 3 is 2.21 bits per heavy atom. The van der Waals surface area contributed by atoms with Crippen molar-refractivity contribution in [3.8, 4) is 11.3 Å². The Labute approximate surface area is 140 Å². The highest BCUT2D eigenvalue weighted by Gasteiger charge is 2.16. The number of amides is 1. The van der Waals surface area contributed by atoms with E-state index in [-0.39, 0.29) is 11.7 Å². The summed E-state index contributed by atoms with van der Waals surface area (Å²) in [6, 6.07) is 13.5. The molecule has 4 heteroatoms. The van der Waals surface area contributed by atoms with Crippen LogP contribution in [0.1, 0.15) is 27.2 Å². The molecular formula is C20H18FNO2. The predicted octanol–water partition coefficient (Wildman–Crippen LogP) is 5.26. The smallest absolute Gasteiger partial charge is 0.259 e. The summed E-state index contributed by atoms with van der Waals surface area (Å²) in [5, 5.41) is 2.90. The number of hydrogen-bond acceptors (Lipinski definition) is 2. The summed E-state index contributed by atoms with van der Waals surface area (Å²) in [6.07, 6.45) is 0. The molecule has 0 bridgehead atoms. The SMILES string of the molecule is Cc1cc(C)cc(NC(=O)c2cc(-c3ccc(F)cc3)oc2C)c1. The van der Waals surface area contributed by atoms with E-state index in [9.17, 15) is 9.18 Å². The first kappa shape index (κ1) is 16.0. The van der Waals surface area contributed by atoms with Crippen LogP contribution in [0.2, 0.25) is 0 Å². The number of hydrogen-bond donors (Lipinski definition) is 1. The molecule has 0 saturated carbocycles. The van der Waals surface area contributed by atoms with Gasteiger partial charge in [-0.3, -0.25) is 4.79 Å². The van der Waals surface area contributed by atoms with Crippen LogP contribution in [0, 0.1) is 26.6 Å². The van der Waals surface area contributed by atoms with Gasteiger partial charge in [0.25, 0.3) is 5.91 Å². The van der Waals surface area contributed by atoms with Crippen molar-refractivity contribution in [2.45, 2.75) is 20.8 Å². The van der Waals surface area contributed by atoms with Gasteiger partial charge in [0.15, 0.2) is 0 Å². The molecule has 0 unspecified atom stereocenters. The number of furan rings is 1. The first-order valence-corrected chi connectivity index (χ1v) is 7.68. The van der Waals surface area contributed by atoms with E-state index >= 15 is 0 Å². The van der Waals surface area contributed by atoms with Crippen molar-refractivity contribution in [1.29, 1.82) is 0 Å². The lowest BCUT2D eigenvalue weighted by Gasteiger charge is -2.06. The van der Waals surface area contributed by atoms with Gasteiger partial charge < -0.3 is 9.73 Å². The minimum Gasteiger partial charge on any atom is -0.461 e. The number of carbonyl (C=O) groups excluding carboxylic acids is 1. The van der Waals surface area contributed by atoms with Crippen molar-refractivity contribution in [3.05, 3.63) is 76.8 Å². The normalized spacial score (nSPS) is 10.7. The summed E-state index contributed by atoms with van der Waals surface area (Å²) < 4.78 is 18.7. The number of anilines is 1. The molecular weight excluding hydrogens is 305 g/mol. The Morgan fingerprint density at radius 2 is 1.58 bits per heavy atom. The number of nitrogens with one attached hydrogen (secondary N) is 1. The molecule has 122 valence electrons. The molecule has 1 N–H and O–H groups in total. The van der Waals surface area contributed by atoms with E-state index in [2.05, 4.69) is 5.32 Å². The number of carbonyl (C=O) groups is 1. The van der Waals surface area contributed by atoms with E-state index in [0.717, 1.165) is 22.4 Å². The van der Waals surface area contributed by atoms with Gasteiger partial charge in [-0.1, -0.05) is 6.07 Å². The van der Waals surface area contributed by atoms with Gasteiger partial charge in [0.05, 0.1) is 5.56 Å². The van der Waals surface area contributed by atoms with Crippen LogP contribution in [0.5, 0.6) is 0 Å². The largest absolute Gasteiger partial charge is 0.461 e. The molecule has 0 aliphatic carbocycles. The zero-order valence-electron chi connectivity index (χ0n) is 13.8. The van der Waals surface area contributed by atoms with Gasteiger partial charge in [-0.15, -0.1) is 0 Å². The molecule has 0 spiro atoms. The van der Waals surface area contributed by atoms with Gasteiger partial charge in [-0.25, -0.2) is 4.39 Å². The van der Waals surface area contributed by atoms with E-state index in [1.165, 1.54) is 12.1 Å². The van der Waals surface area contributed by atoms with Crippen LogP contribution in [-0.4, -0.2) is 5.91 Å². The summed E-state index contributed by atoms with van der Waals surface area (Å²) in [4.78, 5) is 12.5. The molecule has 0 aliphatic heterocycles. The maximum atomic E-state index is 13.0. The quantitative estimate of drug-likeness (QED) is 0.714. The molecule has 0 saturated heterocycles. The zero-order valence-corrected chi connectivity index (χ0v) is 13.8. The first-order valence-electron chi connectivity index (χ1n) is 7.68.